The molecule has 0 saturated carbocycles. The van der Waals surface area contributed by atoms with E-state index in [4.69, 9.17) is 4.74 Å². The number of methoxy groups -OCH3 is 1. The van der Waals surface area contributed by atoms with Gasteiger partial charge >= 0.3 is 5.97 Å². The lowest BCUT2D eigenvalue weighted by atomic mass is 10.0. The largest absolute Gasteiger partial charge is 0.469 e. The first-order valence-corrected chi connectivity index (χ1v) is 13.1. The zero-order valence-electron chi connectivity index (χ0n) is 20.8. The van der Waals surface area contributed by atoms with Crippen molar-refractivity contribution in [2.24, 2.45) is 5.92 Å². The van der Waals surface area contributed by atoms with Crippen LogP contribution in [0.2, 0.25) is 0 Å². The number of rotatable bonds is 14. The number of hydrogen-bond acceptors (Lipinski definition) is 5. The molecule has 0 heterocycles. The Morgan fingerprint density at radius 3 is 2.47 bits per heavy atom. The number of hydrogen-bond donors (Lipinski definition) is 1. The van der Waals surface area contributed by atoms with Gasteiger partial charge < -0.3 is 15.0 Å². The van der Waals surface area contributed by atoms with E-state index in [0.29, 0.717) is 18.7 Å². The molecule has 34 heavy (non-hydrogen) atoms. The van der Waals surface area contributed by atoms with Gasteiger partial charge in [-0.25, -0.2) is 0 Å². The van der Waals surface area contributed by atoms with Crippen LogP contribution in [0.25, 0.3) is 10.8 Å². The molecule has 0 aliphatic heterocycles. The summed E-state index contributed by atoms with van der Waals surface area (Å²) in [4.78, 5) is 40.6. The summed E-state index contributed by atoms with van der Waals surface area (Å²) in [6.45, 7) is 6.49. The Labute approximate surface area is 207 Å². The summed E-state index contributed by atoms with van der Waals surface area (Å²) >= 11 is 1.61. The number of esters is 1. The summed E-state index contributed by atoms with van der Waals surface area (Å²) in [5.41, 5.74) is 0. The van der Waals surface area contributed by atoms with Gasteiger partial charge in [0.2, 0.25) is 11.8 Å². The average molecular weight is 487 g/mol. The lowest BCUT2D eigenvalue weighted by Crippen LogP contribution is -2.45. The molecule has 0 bridgehead atoms. The van der Waals surface area contributed by atoms with Crippen LogP contribution in [0.1, 0.15) is 52.9 Å². The van der Waals surface area contributed by atoms with E-state index in [0.717, 1.165) is 29.5 Å². The quantitative estimate of drug-likeness (QED) is 0.230. The summed E-state index contributed by atoms with van der Waals surface area (Å²) in [6, 6.07) is 14.4. The number of fused-ring (bicyclic) bond motifs is 1. The number of benzene rings is 2. The van der Waals surface area contributed by atoms with Crippen LogP contribution in [-0.4, -0.2) is 54.7 Å². The third kappa shape index (κ3) is 9.37. The monoisotopic (exact) mass is 486 g/mol. The average Bonchev–Trinajstić information content (AvgIpc) is 2.82. The zero-order chi connectivity index (χ0) is 24.9. The van der Waals surface area contributed by atoms with Crippen LogP contribution in [0.4, 0.5) is 0 Å². The second-order valence-corrected chi connectivity index (χ2v) is 9.91. The Kier molecular flexibility index (Phi) is 11.9. The van der Waals surface area contributed by atoms with Crippen LogP contribution in [0.5, 0.6) is 0 Å². The third-order valence-corrected chi connectivity index (χ3v) is 6.73. The molecule has 1 atom stereocenters. The smallest absolute Gasteiger partial charge is 0.305 e. The van der Waals surface area contributed by atoms with Gasteiger partial charge in [0.15, 0.2) is 0 Å². The number of thioether (sulfide) groups is 1. The van der Waals surface area contributed by atoms with Gasteiger partial charge in [0.1, 0.15) is 0 Å². The van der Waals surface area contributed by atoms with E-state index >= 15 is 0 Å². The van der Waals surface area contributed by atoms with Crippen LogP contribution >= 0.6 is 11.8 Å². The van der Waals surface area contributed by atoms with Crippen LogP contribution in [0.15, 0.2) is 47.4 Å². The Hall–Kier alpha value is -2.54. The molecule has 2 aromatic carbocycles. The van der Waals surface area contributed by atoms with Gasteiger partial charge in [-0.2, -0.15) is 0 Å². The molecule has 0 radical (unpaired) electrons. The highest BCUT2D eigenvalue weighted by atomic mass is 32.2. The summed E-state index contributed by atoms with van der Waals surface area (Å²) in [6.07, 6.45) is 3.44. The number of nitrogens with zero attached hydrogens (tertiary/aromatic N) is 1. The van der Waals surface area contributed by atoms with Gasteiger partial charge in [-0.3, -0.25) is 14.4 Å². The molecular weight excluding hydrogens is 448 g/mol. The minimum Gasteiger partial charge on any atom is -0.469 e. The van der Waals surface area contributed by atoms with Crippen LogP contribution < -0.4 is 5.32 Å². The fourth-order valence-corrected chi connectivity index (χ4v) is 4.82. The molecule has 0 spiro atoms. The summed E-state index contributed by atoms with van der Waals surface area (Å²) < 4.78 is 4.80. The van der Waals surface area contributed by atoms with Crippen molar-refractivity contribution < 1.29 is 19.1 Å². The van der Waals surface area contributed by atoms with Crippen molar-refractivity contribution in [1.82, 2.24) is 10.2 Å². The Balaban J connectivity index is 2.16. The highest BCUT2D eigenvalue weighted by molar-refractivity contribution is 7.99. The number of carbonyl (C=O) groups excluding carboxylic acids is 3. The van der Waals surface area contributed by atoms with Gasteiger partial charge in [0.25, 0.3) is 0 Å². The van der Waals surface area contributed by atoms with E-state index < -0.39 is 0 Å². The molecule has 1 N–H and O–H groups in total. The molecular formula is C27H38N2O4S. The minimum absolute atomic E-state index is 0.0127. The summed E-state index contributed by atoms with van der Waals surface area (Å²) in [7, 11) is 1.36. The van der Waals surface area contributed by atoms with Crippen LogP contribution in [-0.2, 0) is 19.1 Å². The van der Waals surface area contributed by atoms with Crippen LogP contribution in [0, 0.1) is 5.92 Å². The van der Waals surface area contributed by atoms with Crippen molar-refractivity contribution in [2.75, 3.05) is 26.0 Å². The number of nitrogens with one attached hydrogen (secondary N) is 1. The molecule has 1 unspecified atom stereocenters. The number of amides is 2. The summed E-state index contributed by atoms with van der Waals surface area (Å²) in [5, 5.41) is 5.20. The molecule has 0 aromatic heterocycles. The molecule has 0 saturated heterocycles. The van der Waals surface area contributed by atoms with Crippen molar-refractivity contribution in [3.05, 3.63) is 42.5 Å². The van der Waals surface area contributed by atoms with Crippen molar-refractivity contribution in [2.45, 2.75) is 63.8 Å². The van der Waals surface area contributed by atoms with E-state index in [9.17, 15) is 14.4 Å². The zero-order valence-corrected chi connectivity index (χ0v) is 21.7. The molecule has 2 aromatic rings. The lowest BCUT2D eigenvalue weighted by molar-refractivity contribution is -0.142. The first-order chi connectivity index (χ1) is 16.3. The van der Waals surface area contributed by atoms with E-state index in [2.05, 4.69) is 42.6 Å². The van der Waals surface area contributed by atoms with Crippen molar-refractivity contribution in [1.29, 1.82) is 0 Å². The first-order valence-electron chi connectivity index (χ1n) is 12.1. The Morgan fingerprint density at radius 1 is 1.06 bits per heavy atom. The van der Waals surface area contributed by atoms with E-state index in [1.807, 2.05) is 26.0 Å². The maximum absolute atomic E-state index is 13.6. The normalized spacial score (nSPS) is 11.9. The summed E-state index contributed by atoms with van der Waals surface area (Å²) in [5.74, 6) is -0.418. The van der Waals surface area contributed by atoms with Crippen LogP contribution in [0.3, 0.4) is 0 Å². The molecule has 0 aliphatic rings. The van der Waals surface area contributed by atoms with E-state index in [-0.39, 0.29) is 42.7 Å². The maximum atomic E-state index is 13.6. The molecule has 2 rings (SSSR count). The maximum Gasteiger partial charge on any atom is 0.305 e. The van der Waals surface area contributed by atoms with Gasteiger partial charge in [-0.15, -0.1) is 11.8 Å². The standard InChI is InChI=1S/C27H38N2O4S/c1-5-6-9-16-29(18-25(30)28-20(2)3)27(32)23(13-15-26(31)33-4)19-34-24-14-12-21-10-7-8-11-22(21)17-24/h7-8,10-12,14,17,20,23H,5-6,9,13,15-16,18-19H2,1-4H3,(H,28,30). The predicted molar refractivity (Wildman–Crippen MR) is 139 cm³/mol. The van der Waals surface area contributed by atoms with Crippen molar-refractivity contribution >= 4 is 40.3 Å². The number of ether oxygens (including phenoxy) is 1. The molecule has 6 nitrogen and oxygen atoms in total. The van der Waals surface area contributed by atoms with Gasteiger partial charge in [0, 0.05) is 35.6 Å². The second-order valence-electron chi connectivity index (χ2n) is 8.82. The number of unbranched alkanes of at least 4 members (excludes halogenated alkanes) is 2. The van der Waals surface area contributed by atoms with Crippen molar-refractivity contribution in [3.63, 3.8) is 0 Å². The van der Waals surface area contributed by atoms with E-state index in [1.165, 1.54) is 12.5 Å². The molecule has 7 heteroatoms. The fraction of sp³-hybridized carbons (Fsp3) is 0.519. The molecule has 2 amide bonds. The lowest BCUT2D eigenvalue weighted by Gasteiger charge is -2.27. The van der Waals surface area contributed by atoms with E-state index in [1.54, 1.807) is 16.7 Å². The fourth-order valence-electron chi connectivity index (χ4n) is 3.75. The SMILES string of the molecule is CCCCCN(CC(=O)NC(C)C)C(=O)C(CCC(=O)OC)CSc1ccc2ccccc2c1. The Morgan fingerprint density at radius 2 is 1.79 bits per heavy atom. The topological polar surface area (TPSA) is 75.7 Å². The van der Waals surface area contributed by atoms with Gasteiger partial charge in [0.05, 0.1) is 13.7 Å². The molecule has 0 aliphatic carbocycles. The van der Waals surface area contributed by atoms with Crippen molar-refractivity contribution in [3.8, 4) is 0 Å². The molecule has 186 valence electrons. The molecule has 0 fully saturated rings. The second kappa shape index (κ2) is 14.7. The third-order valence-electron chi connectivity index (χ3n) is 5.57. The predicted octanol–water partition coefficient (Wildman–Crippen LogP) is 5.04. The highest BCUT2D eigenvalue weighted by Crippen LogP contribution is 2.27. The highest BCUT2D eigenvalue weighted by Gasteiger charge is 2.27. The minimum atomic E-state index is -0.385. The Bertz CT molecular complexity index is 947. The van der Waals surface area contributed by atoms with Gasteiger partial charge in [-0.05, 0) is 49.6 Å². The van der Waals surface area contributed by atoms with Gasteiger partial charge in [-0.1, -0.05) is 50.1 Å². The number of carbonyl (C=O) groups is 3. The first kappa shape index (κ1) is 27.7.